The number of ether oxygens (including phenoxy) is 1. The van der Waals surface area contributed by atoms with Gasteiger partial charge in [0, 0.05) is 32.7 Å². The van der Waals surface area contributed by atoms with Crippen molar-refractivity contribution >= 4 is 5.78 Å². The Morgan fingerprint density at radius 3 is 2.74 bits per heavy atom. The molecule has 0 spiro atoms. The molecule has 1 aliphatic carbocycles. The van der Waals surface area contributed by atoms with Gasteiger partial charge in [-0.15, -0.1) is 0 Å². The molecule has 1 saturated carbocycles. The first-order chi connectivity index (χ1) is 9.22. The summed E-state index contributed by atoms with van der Waals surface area (Å²) < 4.78 is 18.6. The molecule has 0 bridgehead atoms. The zero-order valence-electron chi connectivity index (χ0n) is 11.3. The number of hydrogen-bond acceptors (Lipinski definition) is 3. The van der Waals surface area contributed by atoms with Crippen LogP contribution in [0.4, 0.5) is 4.39 Å². The second-order valence-electron chi connectivity index (χ2n) is 4.91. The number of methoxy groups -OCH3 is 1. The van der Waals surface area contributed by atoms with Crippen molar-refractivity contribution in [2.24, 2.45) is 0 Å². The SMILES string of the molecule is COCCN(CCC(=O)c1ccccc1F)C1CC1. The van der Waals surface area contributed by atoms with Crippen LogP contribution in [-0.4, -0.2) is 43.5 Å². The van der Waals surface area contributed by atoms with Gasteiger partial charge in [-0.3, -0.25) is 9.69 Å². The molecule has 3 nitrogen and oxygen atoms in total. The summed E-state index contributed by atoms with van der Waals surface area (Å²) in [7, 11) is 1.68. The maximum Gasteiger partial charge on any atom is 0.167 e. The average molecular weight is 265 g/mol. The Kier molecular flexibility index (Phi) is 5.05. The lowest BCUT2D eigenvalue weighted by molar-refractivity contribution is 0.0941. The quantitative estimate of drug-likeness (QED) is 0.676. The number of rotatable bonds is 8. The summed E-state index contributed by atoms with van der Waals surface area (Å²) in [5.41, 5.74) is 0.199. The molecule has 0 unspecified atom stereocenters. The van der Waals surface area contributed by atoms with E-state index in [1.54, 1.807) is 25.3 Å². The molecule has 0 amide bonds. The highest BCUT2D eigenvalue weighted by molar-refractivity contribution is 5.96. The number of halogens is 1. The zero-order chi connectivity index (χ0) is 13.7. The van der Waals surface area contributed by atoms with E-state index in [0.29, 0.717) is 25.6 Å². The van der Waals surface area contributed by atoms with Gasteiger partial charge in [0.2, 0.25) is 0 Å². The van der Waals surface area contributed by atoms with Crippen LogP contribution in [0.5, 0.6) is 0 Å². The van der Waals surface area contributed by atoms with Crippen molar-refractivity contribution in [2.75, 3.05) is 26.8 Å². The van der Waals surface area contributed by atoms with Gasteiger partial charge in [-0.2, -0.15) is 0 Å². The van der Waals surface area contributed by atoms with Crippen LogP contribution in [0.1, 0.15) is 29.6 Å². The summed E-state index contributed by atoms with van der Waals surface area (Å²) in [6.07, 6.45) is 2.75. The number of carbonyl (C=O) groups is 1. The van der Waals surface area contributed by atoms with Crippen molar-refractivity contribution in [3.05, 3.63) is 35.6 Å². The molecule has 1 aromatic carbocycles. The summed E-state index contributed by atoms with van der Waals surface area (Å²) in [6, 6.07) is 6.76. The molecule has 0 heterocycles. The molecule has 0 aliphatic heterocycles. The van der Waals surface area contributed by atoms with E-state index in [-0.39, 0.29) is 11.3 Å². The lowest BCUT2D eigenvalue weighted by Crippen LogP contribution is -2.31. The van der Waals surface area contributed by atoms with Gasteiger partial charge in [0.25, 0.3) is 0 Å². The van der Waals surface area contributed by atoms with Crippen molar-refractivity contribution in [1.29, 1.82) is 0 Å². The summed E-state index contributed by atoms with van der Waals surface area (Å²) in [6.45, 7) is 2.19. The monoisotopic (exact) mass is 265 g/mol. The predicted molar refractivity (Wildman–Crippen MR) is 71.8 cm³/mol. The number of nitrogens with zero attached hydrogens (tertiary/aromatic N) is 1. The zero-order valence-corrected chi connectivity index (χ0v) is 11.3. The fraction of sp³-hybridized carbons (Fsp3) is 0.533. The minimum atomic E-state index is -0.428. The maximum atomic E-state index is 13.5. The molecular weight excluding hydrogens is 245 g/mol. The van der Waals surface area contributed by atoms with Crippen LogP contribution in [0.25, 0.3) is 0 Å². The van der Waals surface area contributed by atoms with Gasteiger partial charge in [0.15, 0.2) is 5.78 Å². The summed E-state index contributed by atoms with van der Waals surface area (Å²) in [4.78, 5) is 14.3. The van der Waals surface area contributed by atoms with E-state index >= 15 is 0 Å². The van der Waals surface area contributed by atoms with Gasteiger partial charge in [-0.1, -0.05) is 12.1 Å². The molecular formula is C15H20FNO2. The third-order valence-corrected chi connectivity index (χ3v) is 3.45. The average Bonchev–Trinajstić information content (AvgIpc) is 3.23. The topological polar surface area (TPSA) is 29.5 Å². The van der Waals surface area contributed by atoms with Crippen LogP contribution in [-0.2, 0) is 4.74 Å². The number of carbonyl (C=O) groups excluding carboxylic acids is 1. The van der Waals surface area contributed by atoms with E-state index in [1.165, 1.54) is 18.9 Å². The van der Waals surface area contributed by atoms with Crippen LogP contribution in [0, 0.1) is 5.82 Å². The fourth-order valence-electron chi connectivity index (χ4n) is 2.19. The first-order valence-corrected chi connectivity index (χ1v) is 6.73. The van der Waals surface area contributed by atoms with E-state index in [2.05, 4.69) is 4.90 Å². The lowest BCUT2D eigenvalue weighted by Gasteiger charge is -2.21. The molecule has 104 valence electrons. The van der Waals surface area contributed by atoms with Crippen LogP contribution in [0.15, 0.2) is 24.3 Å². The van der Waals surface area contributed by atoms with Crippen molar-refractivity contribution in [1.82, 2.24) is 4.90 Å². The second kappa shape index (κ2) is 6.78. The molecule has 4 heteroatoms. The van der Waals surface area contributed by atoms with Crippen LogP contribution in [0.2, 0.25) is 0 Å². The minimum Gasteiger partial charge on any atom is -0.383 e. The van der Waals surface area contributed by atoms with Crippen molar-refractivity contribution in [3.8, 4) is 0 Å². The number of benzene rings is 1. The molecule has 2 rings (SSSR count). The van der Waals surface area contributed by atoms with E-state index < -0.39 is 5.82 Å². The Morgan fingerprint density at radius 1 is 1.37 bits per heavy atom. The fourth-order valence-corrected chi connectivity index (χ4v) is 2.19. The van der Waals surface area contributed by atoms with Gasteiger partial charge >= 0.3 is 0 Å². The Labute approximate surface area is 113 Å². The van der Waals surface area contributed by atoms with Gasteiger partial charge in [0.1, 0.15) is 5.82 Å². The van der Waals surface area contributed by atoms with E-state index in [4.69, 9.17) is 4.74 Å². The van der Waals surface area contributed by atoms with E-state index in [1.807, 2.05) is 0 Å². The van der Waals surface area contributed by atoms with E-state index in [0.717, 1.165) is 6.54 Å². The van der Waals surface area contributed by atoms with Gasteiger partial charge in [-0.05, 0) is 25.0 Å². The normalized spacial score (nSPS) is 14.9. The van der Waals surface area contributed by atoms with Crippen molar-refractivity contribution in [3.63, 3.8) is 0 Å². The number of ketones is 1. The molecule has 1 aliphatic rings. The molecule has 0 N–H and O–H groups in total. The molecule has 1 aromatic rings. The molecule has 0 radical (unpaired) electrons. The van der Waals surface area contributed by atoms with Crippen molar-refractivity contribution < 1.29 is 13.9 Å². The number of Topliss-reactive ketones (excluding diaryl/α,β-unsaturated/α-hetero) is 1. The third-order valence-electron chi connectivity index (χ3n) is 3.45. The summed E-state index contributed by atoms with van der Waals surface area (Å²) in [5.74, 6) is -0.552. The Balaban J connectivity index is 1.86. The van der Waals surface area contributed by atoms with Crippen molar-refractivity contribution in [2.45, 2.75) is 25.3 Å². The smallest absolute Gasteiger partial charge is 0.167 e. The second-order valence-corrected chi connectivity index (χ2v) is 4.91. The highest BCUT2D eigenvalue weighted by Gasteiger charge is 2.28. The molecule has 0 saturated heterocycles. The first kappa shape index (κ1) is 14.2. The van der Waals surface area contributed by atoms with Gasteiger partial charge in [0.05, 0.1) is 12.2 Å². The molecule has 19 heavy (non-hydrogen) atoms. The lowest BCUT2D eigenvalue weighted by atomic mass is 10.1. The number of hydrogen-bond donors (Lipinski definition) is 0. The van der Waals surface area contributed by atoms with Crippen LogP contribution in [0.3, 0.4) is 0 Å². The highest BCUT2D eigenvalue weighted by Crippen LogP contribution is 2.26. The Bertz CT molecular complexity index is 432. The molecule has 1 fully saturated rings. The Morgan fingerprint density at radius 2 is 2.11 bits per heavy atom. The summed E-state index contributed by atoms with van der Waals surface area (Å²) >= 11 is 0. The van der Waals surface area contributed by atoms with Crippen LogP contribution >= 0.6 is 0 Å². The Hall–Kier alpha value is -1.26. The molecule has 0 aromatic heterocycles. The molecule has 0 atom stereocenters. The van der Waals surface area contributed by atoms with Gasteiger partial charge < -0.3 is 4.74 Å². The van der Waals surface area contributed by atoms with Crippen LogP contribution < -0.4 is 0 Å². The minimum absolute atomic E-state index is 0.124. The largest absolute Gasteiger partial charge is 0.383 e. The standard InChI is InChI=1S/C15H20FNO2/c1-19-11-10-17(12-6-7-12)9-8-15(18)13-4-2-3-5-14(13)16/h2-5,12H,6-11H2,1H3. The van der Waals surface area contributed by atoms with E-state index in [9.17, 15) is 9.18 Å². The summed E-state index contributed by atoms with van der Waals surface area (Å²) in [5, 5.41) is 0. The van der Waals surface area contributed by atoms with Gasteiger partial charge in [-0.25, -0.2) is 4.39 Å². The maximum absolute atomic E-state index is 13.5. The highest BCUT2D eigenvalue weighted by atomic mass is 19.1. The predicted octanol–water partition coefficient (Wildman–Crippen LogP) is 2.51. The third kappa shape index (κ3) is 4.11. The first-order valence-electron chi connectivity index (χ1n) is 6.73.